The summed E-state index contributed by atoms with van der Waals surface area (Å²) in [7, 11) is 1.64. The van der Waals surface area contributed by atoms with Gasteiger partial charge >= 0.3 is 0 Å². The molecule has 0 aliphatic rings. The normalized spacial score (nSPS) is 11.0. The van der Waals surface area contributed by atoms with Crippen LogP contribution >= 0.6 is 34.7 Å². The molecule has 182 valence electrons. The van der Waals surface area contributed by atoms with E-state index in [0.29, 0.717) is 16.6 Å². The van der Waals surface area contributed by atoms with E-state index in [1.807, 2.05) is 72.2 Å². The molecule has 0 saturated heterocycles. The maximum absolute atomic E-state index is 6.46. The zero-order valence-corrected chi connectivity index (χ0v) is 22.1. The maximum atomic E-state index is 6.46. The van der Waals surface area contributed by atoms with Gasteiger partial charge in [-0.3, -0.25) is 4.57 Å². The number of nitrogens with zero attached hydrogens (tertiary/aromatic N) is 4. The lowest BCUT2D eigenvalue weighted by Crippen LogP contribution is -2.07. The third kappa shape index (κ3) is 5.56. The quantitative estimate of drug-likeness (QED) is 0.186. The standard InChI is InChI=1S/C27H23ClN4O2S2/c1-18-8-9-21(14-24(18)28)32-25(15-34-23-12-10-22(33-2)11-13-23)30-31-27(32)36-17-20-16-35-26(29-20)19-6-4-3-5-7-19/h3-14,16H,15,17H2,1-2H3. The van der Waals surface area contributed by atoms with Crippen LogP contribution in [0.25, 0.3) is 16.3 Å². The number of hydrogen-bond donors (Lipinski definition) is 0. The first-order chi connectivity index (χ1) is 17.6. The van der Waals surface area contributed by atoms with Crippen LogP contribution in [0.2, 0.25) is 5.02 Å². The van der Waals surface area contributed by atoms with Crippen LogP contribution in [0.4, 0.5) is 0 Å². The van der Waals surface area contributed by atoms with E-state index in [2.05, 4.69) is 27.7 Å². The SMILES string of the molecule is COc1ccc(OCc2nnc(SCc3csc(-c4ccccc4)n3)n2-c2ccc(C)c(Cl)c2)cc1. The van der Waals surface area contributed by atoms with Crippen LogP contribution in [0.15, 0.2) is 83.3 Å². The average Bonchev–Trinajstić information content (AvgIpc) is 3.56. The Hall–Kier alpha value is -3.33. The summed E-state index contributed by atoms with van der Waals surface area (Å²) in [4.78, 5) is 4.80. The molecule has 0 saturated carbocycles. The number of methoxy groups -OCH3 is 1. The van der Waals surface area contributed by atoms with Gasteiger partial charge in [-0.2, -0.15) is 0 Å². The average molecular weight is 535 g/mol. The number of ether oxygens (including phenoxy) is 2. The number of thiazole rings is 1. The third-order valence-corrected chi connectivity index (χ3v) is 7.77. The zero-order valence-electron chi connectivity index (χ0n) is 19.7. The van der Waals surface area contributed by atoms with Crippen molar-refractivity contribution in [3.63, 3.8) is 0 Å². The fourth-order valence-corrected chi connectivity index (χ4v) is 5.48. The Balaban J connectivity index is 1.38. The van der Waals surface area contributed by atoms with Crippen molar-refractivity contribution in [2.45, 2.75) is 24.4 Å². The van der Waals surface area contributed by atoms with Crippen molar-refractivity contribution in [2.75, 3.05) is 7.11 Å². The van der Waals surface area contributed by atoms with Gasteiger partial charge in [0, 0.05) is 21.7 Å². The lowest BCUT2D eigenvalue weighted by atomic mass is 10.2. The van der Waals surface area contributed by atoms with E-state index in [-0.39, 0.29) is 6.61 Å². The molecule has 5 rings (SSSR count). The Morgan fingerprint density at radius 2 is 1.75 bits per heavy atom. The number of thioether (sulfide) groups is 1. The third-order valence-electron chi connectivity index (χ3n) is 5.46. The Labute approximate surface area is 222 Å². The molecular weight excluding hydrogens is 512 g/mol. The van der Waals surface area contributed by atoms with Gasteiger partial charge < -0.3 is 9.47 Å². The van der Waals surface area contributed by atoms with Gasteiger partial charge in [-0.1, -0.05) is 59.8 Å². The largest absolute Gasteiger partial charge is 0.497 e. The molecule has 0 atom stereocenters. The summed E-state index contributed by atoms with van der Waals surface area (Å²) in [6.07, 6.45) is 0. The van der Waals surface area contributed by atoms with Crippen molar-refractivity contribution in [3.8, 4) is 27.8 Å². The summed E-state index contributed by atoms with van der Waals surface area (Å²) < 4.78 is 13.2. The van der Waals surface area contributed by atoms with E-state index in [1.165, 1.54) is 0 Å². The van der Waals surface area contributed by atoms with Gasteiger partial charge in [0.15, 0.2) is 11.0 Å². The highest BCUT2D eigenvalue weighted by molar-refractivity contribution is 7.98. The van der Waals surface area contributed by atoms with Gasteiger partial charge in [0.2, 0.25) is 0 Å². The molecule has 36 heavy (non-hydrogen) atoms. The van der Waals surface area contributed by atoms with Crippen molar-refractivity contribution in [1.82, 2.24) is 19.7 Å². The van der Waals surface area contributed by atoms with Crippen molar-refractivity contribution < 1.29 is 9.47 Å². The molecule has 0 N–H and O–H groups in total. The molecule has 0 aliphatic carbocycles. The Morgan fingerprint density at radius 3 is 2.50 bits per heavy atom. The van der Waals surface area contributed by atoms with E-state index >= 15 is 0 Å². The lowest BCUT2D eigenvalue weighted by Gasteiger charge is -2.12. The van der Waals surface area contributed by atoms with Crippen molar-refractivity contribution in [2.24, 2.45) is 0 Å². The van der Waals surface area contributed by atoms with Crippen LogP contribution in [0, 0.1) is 6.92 Å². The second-order valence-corrected chi connectivity index (χ2v) is 10.1. The minimum absolute atomic E-state index is 0.250. The molecule has 0 bridgehead atoms. The number of halogens is 1. The van der Waals surface area contributed by atoms with Crippen molar-refractivity contribution in [3.05, 3.63) is 100 Å². The number of rotatable bonds is 9. The first-order valence-corrected chi connectivity index (χ1v) is 13.5. The summed E-state index contributed by atoms with van der Waals surface area (Å²) >= 11 is 9.68. The van der Waals surface area contributed by atoms with Gasteiger partial charge in [0.1, 0.15) is 23.1 Å². The molecular formula is C27H23ClN4O2S2. The van der Waals surface area contributed by atoms with Crippen LogP contribution in [0.3, 0.4) is 0 Å². The molecule has 0 aliphatic heterocycles. The summed E-state index contributed by atoms with van der Waals surface area (Å²) in [5.74, 6) is 2.84. The highest BCUT2D eigenvalue weighted by Gasteiger charge is 2.17. The summed E-state index contributed by atoms with van der Waals surface area (Å²) in [6.45, 7) is 2.23. The van der Waals surface area contributed by atoms with Gasteiger partial charge in [-0.25, -0.2) is 4.98 Å². The highest BCUT2D eigenvalue weighted by atomic mass is 35.5. The Kier molecular flexibility index (Phi) is 7.55. The second kappa shape index (κ2) is 11.2. The molecule has 0 unspecified atom stereocenters. The van der Waals surface area contributed by atoms with Gasteiger partial charge in [0.25, 0.3) is 0 Å². The van der Waals surface area contributed by atoms with E-state index in [0.717, 1.165) is 44.2 Å². The number of benzene rings is 3. The van der Waals surface area contributed by atoms with Crippen LogP contribution in [0.1, 0.15) is 17.1 Å². The predicted molar refractivity (Wildman–Crippen MR) is 146 cm³/mol. The fourth-order valence-electron chi connectivity index (χ4n) is 3.51. The summed E-state index contributed by atoms with van der Waals surface area (Å²) in [5.41, 5.74) is 4.01. The monoisotopic (exact) mass is 534 g/mol. The molecule has 9 heteroatoms. The minimum atomic E-state index is 0.250. The predicted octanol–water partition coefficient (Wildman–Crippen LogP) is 7.23. The lowest BCUT2D eigenvalue weighted by molar-refractivity contribution is 0.292. The smallest absolute Gasteiger partial charge is 0.196 e. The highest BCUT2D eigenvalue weighted by Crippen LogP contribution is 2.30. The zero-order chi connectivity index (χ0) is 24.9. The van der Waals surface area contributed by atoms with Crippen LogP contribution < -0.4 is 9.47 Å². The van der Waals surface area contributed by atoms with Crippen LogP contribution in [-0.2, 0) is 12.4 Å². The molecule has 0 amide bonds. The maximum Gasteiger partial charge on any atom is 0.196 e. The topological polar surface area (TPSA) is 62.1 Å². The minimum Gasteiger partial charge on any atom is -0.497 e. The van der Waals surface area contributed by atoms with E-state index in [1.54, 1.807) is 30.2 Å². The fraction of sp³-hybridized carbons (Fsp3) is 0.148. The molecule has 2 aromatic heterocycles. The van der Waals surface area contributed by atoms with Gasteiger partial charge in [-0.15, -0.1) is 21.5 Å². The molecule has 3 aromatic carbocycles. The first-order valence-electron chi connectivity index (χ1n) is 11.2. The molecule has 5 aromatic rings. The molecule has 6 nitrogen and oxygen atoms in total. The Morgan fingerprint density at radius 1 is 0.972 bits per heavy atom. The Bertz CT molecular complexity index is 1450. The number of aryl methyl sites for hydroxylation is 1. The van der Waals surface area contributed by atoms with E-state index in [9.17, 15) is 0 Å². The van der Waals surface area contributed by atoms with Crippen LogP contribution in [0.5, 0.6) is 11.5 Å². The molecule has 0 radical (unpaired) electrons. The second-order valence-electron chi connectivity index (χ2n) is 7.93. The van der Waals surface area contributed by atoms with Crippen LogP contribution in [-0.4, -0.2) is 26.9 Å². The van der Waals surface area contributed by atoms with Gasteiger partial charge in [-0.05, 0) is 48.9 Å². The van der Waals surface area contributed by atoms with E-state index in [4.69, 9.17) is 26.1 Å². The molecule has 2 heterocycles. The van der Waals surface area contributed by atoms with E-state index < -0.39 is 0 Å². The molecule has 0 fully saturated rings. The van der Waals surface area contributed by atoms with Crippen molar-refractivity contribution in [1.29, 1.82) is 0 Å². The molecule has 0 spiro atoms. The number of hydrogen-bond acceptors (Lipinski definition) is 7. The van der Waals surface area contributed by atoms with Crippen molar-refractivity contribution >= 4 is 34.7 Å². The first kappa shape index (κ1) is 24.4. The summed E-state index contributed by atoms with van der Waals surface area (Å²) in [6, 6.07) is 23.6. The van der Waals surface area contributed by atoms with Gasteiger partial charge in [0.05, 0.1) is 18.5 Å². The number of aromatic nitrogens is 4. The summed E-state index contributed by atoms with van der Waals surface area (Å²) in [5, 5.41) is 13.4.